The van der Waals surface area contributed by atoms with E-state index in [1.807, 2.05) is 30.3 Å². The Hall–Kier alpha value is -2.73. The second kappa shape index (κ2) is 7.23. The molecule has 1 aliphatic carbocycles. The molecule has 0 radical (unpaired) electrons. The highest BCUT2D eigenvalue weighted by Crippen LogP contribution is 2.21. The first-order chi connectivity index (χ1) is 11.6. The van der Waals surface area contributed by atoms with E-state index in [-0.39, 0.29) is 11.9 Å². The minimum atomic E-state index is -0.698. The molecule has 1 atom stereocenters. The molecule has 2 amide bonds. The van der Waals surface area contributed by atoms with Gasteiger partial charge in [0.1, 0.15) is 11.9 Å². The van der Waals surface area contributed by atoms with Crippen molar-refractivity contribution in [1.29, 1.82) is 0 Å². The first-order valence-corrected chi connectivity index (χ1v) is 7.80. The number of nitrogens with one attached hydrogen (secondary N) is 3. The van der Waals surface area contributed by atoms with Gasteiger partial charge in [-0.15, -0.1) is 0 Å². The summed E-state index contributed by atoms with van der Waals surface area (Å²) < 4.78 is 12.9. The third kappa shape index (κ3) is 4.17. The second-order valence-corrected chi connectivity index (χ2v) is 5.73. The van der Waals surface area contributed by atoms with Gasteiger partial charge in [0.05, 0.1) is 0 Å². The number of hydrogen-bond acceptors (Lipinski definition) is 3. The highest BCUT2D eigenvalue weighted by Gasteiger charge is 2.28. The highest BCUT2D eigenvalue weighted by molar-refractivity contribution is 5.94. The Labute approximate surface area is 139 Å². The lowest BCUT2D eigenvalue weighted by Gasteiger charge is -2.19. The van der Waals surface area contributed by atoms with Crippen molar-refractivity contribution in [1.82, 2.24) is 16.2 Å². The maximum Gasteiger partial charge on any atom is 0.265 e. The number of carbonyl (C=O) groups excluding carboxylic acids is 2. The second-order valence-electron chi connectivity index (χ2n) is 5.73. The minimum absolute atomic E-state index is 0.192. The predicted molar refractivity (Wildman–Crippen MR) is 87.3 cm³/mol. The number of amides is 2. The molecule has 0 heterocycles. The van der Waals surface area contributed by atoms with Crippen molar-refractivity contribution in [2.24, 2.45) is 0 Å². The molecule has 3 N–H and O–H groups in total. The quantitative estimate of drug-likeness (QED) is 0.712. The zero-order valence-electron chi connectivity index (χ0n) is 13.0. The summed E-state index contributed by atoms with van der Waals surface area (Å²) in [4.78, 5) is 24.5. The van der Waals surface area contributed by atoms with Gasteiger partial charge in [0.25, 0.3) is 5.91 Å². The molecule has 0 saturated heterocycles. The van der Waals surface area contributed by atoms with E-state index in [4.69, 9.17) is 0 Å². The normalized spacial score (nSPS) is 14.7. The lowest BCUT2D eigenvalue weighted by Crippen LogP contribution is -2.46. The fourth-order valence-corrected chi connectivity index (χ4v) is 2.27. The van der Waals surface area contributed by atoms with Gasteiger partial charge in [-0.2, -0.15) is 0 Å². The Balaban J connectivity index is 1.68. The number of hydrazine groups is 1. The van der Waals surface area contributed by atoms with Crippen LogP contribution < -0.4 is 16.2 Å². The van der Waals surface area contributed by atoms with Gasteiger partial charge >= 0.3 is 0 Å². The minimum Gasteiger partial charge on any atom is -0.352 e. The first-order valence-electron chi connectivity index (χ1n) is 7.80. The SMILES string of the molecule is O=C(NN[C@H](C(=O)NC1CC1)c1ccccc1)c1ccc(F)cc1. The summed E-state index contributed by atoms with van der Waals surface area (Å²) in [5, 5.41) is 2.92. The van der Waals surface area contributed by atoms with Crippen molar-refractivity contribution >= 4 is 11.8 Å². The summed E-state index contributed by atoms with van der Waals surface area (Å²) in [5.74, 6) is -1.04. The molecule has 0 unspecified atom stereocenters. The monoisotopic (exact) mass is 327 g/mol. The lowest BCUT2D eigenvalue weighted by atomic mass is 10.1. The summed E-state index contributed by atoms with van der Waals surface area (Å²) >= 11 is 0. The van der Waals surface area contributed by atoms with E-state index in [2.05, 4.69) is 16.2 Å². The largest absolute Gasteiger partial charge is 0.352 e. The summed E-state index contributed by atoms with van der Waals surface area (Å²) in [6, 6.07) is 13.9. The molecule has 0 aromatic heterocycles. The van der Waals surface area contributed by atoms with Crippen molar-refractivity contribution in [2.75, 3.05) is 0 Å². The van der Waals surface area contributed by atoms with Crippen LogP contribution in [-0.2, 0) is 4.79 Å². The molecule has 0 bridgehead atoms. The van der Waals surface area contributed by atoms with Crippen LogP contribution in [0.1, 0.15) is 34.8 Å². The maximum atomic E-state index is 12.9. The molecule has 5 nitrogen and oxygen atoms in total. The maximum absolute atomic E-state index is 12.9. The molecule has 3 rings (SSSR count). The molecular formula is C18H18FN3O2. The lowest BCUT2D eigenvalue weighted by molar-refractivity contribution is -0.123. The third-order valence-electron chi connectivity index (χ3n) is 3.76. The average Bonchev–Trinajstić information content (AvgIpc) is 3.40. The summed E-state index contributed by atoms with van der Waals surface area (Å²) in [5.41, 5.74) is 6.35. The summed E-state index contributed by atoms with van der Waals surface area (Å²) in [6.07, 6.45) is 1.96. The van der Waals surface area contributed by atoms with E-state index in [0.29, 0.717) is 5.56 Å². The number of halogens is 1. The Kier molecular flexibility index (Phi) is 4.86. The zero-order chi connectivity index (χ0) is 16.9. The molecule has 0 spiro atoms. The first kappa shape index (κ1) is 16.1. The van der Waals surface area contributed by atoms with E-state index in [0.717, 1.165) is 18.4 Å². The Bertz CT molecular complexity index is 715. The molecule has 1 aliphatic rings. The Morgan fingerprint density at radius 2 is 1.67 bits per heavy atom. The fourth-order valence-electron chi connectivity index (χ4n) is 2.27. The van der Waals surface area contributed by atoms with Crippen LogP contribution in [0.25, 0.3) is 0 Å². The number of benzene rings is 2. The van der Waals surface area contributed by atoms with E-state index < -0.39 is 17.8 Å². The molecule has 2 aromatic rings. The molecule has 1 saturated carbocycles. The topological polar surface area (TPSA) is 70.2 Å². The highest BCUT2D eigenvalue weighted by atomic mass is 19.1. The van der Waals surface area contributed by atoms with Gasteiger partial charge in [-0.05, 0) is 42.7 Å². The van der Waals surface area contributed by atoms with Crippen LogP contribution in [0.2, 0.25) is 0 Å². The van der Waals surface area contributed by atoms with Gasteiger partial charge in [0.2, 0.25) is 5.91 Å². The van der Waals surface area contributed by atoms with E-state index >= 15 is 0 Å². The molecule has 1 fully saturated rings. The smallest absolute Gasteiger partial charge is 0.265 e. The molecule has 0 aliphatic heterocycles. The van der Waals surface area contributed by atoms with Gasteiger partial charge in [-0.1, -0.05) is 30.3 Å². The van der Waals surface area contributed by atoms with Crippen LogP contribution in [0.4, 0.5) is 4.39 Å². The van der Waals surface area contributed by atoms with Gasteiger partial charge < -0.3 is 5.32 Å². The van der Waals surface area contributed by atoms with Crippen molar-refractivity contribution in [2.45, 2.75) is 24.9 Å². The van der Waals surface area contributed by atoms with E-state index in [9.17, 15) is 14.0 Å². The number of hydrogen-bond donors (Lipinski definition) is 3. The molecule has 24 heavy (non-hydrogen) atoms. The number of carbonyl (C=O) groups is 2. The van der Waals surface area contributed by atoms with E-state index in [1.54, 1.807) is 0 Å². The number of rotatable bonds is 6. The van der Waals surface area contributed by atoms with Crippen LogP contribution in [0.15, 0.2) is 54.6 Å². The van der Waals surface area contributed by atoms with Crippen LogP contribution in [0, 0.1) is 5.82 Å². The Morgan fingerprint density at radius 1 is 1.00 bits per heavy atom. The van der Waals surface area contributed by atoms with Crippen LogP contribution in [0.3, 0.4) is 0 Å². The van der Waals surface area contributed by atoms with Crippen LogP contribution in [0.5, 0.6) is 0 Å². The zero-order valence-corrected chi connectivity index (χ0v) is 13.0. The molecule has 2 aromatic carbocycles. The van der Waals surface area contributed by atoms with Crippen LogP contribution in [-0.4, -0.2) is 17.9 Å². The van der Waals surface area contributed by atoms with Crippen LogP contribution >= 0.6 is 0 Å². The molecular weight excluding hydrogens is 309 g/mol. The van der Waals surface area contributed by atoms with Crippen molar-refractivity contribution in [3.63, 3.8) is 0 Å². The molecule has 6 heteroatoms. The summed E-state index contributed by atoms with van der Waals surface area (Å²) in [6.45, 7) is 0. The van der Waals surface area contributed by atoms with Gasteiger partial charge in [-0.25, -0.2) is 9.82 Å². The van der Waals surface area contributed by atoms with Crippen molar-refractivity contribution < 1.29 is 14.0 Å². The fraction of sp³-hybridized carbons (Fsp3) is 0.222. The summed E-state index contributed by atoms with van der Waals surface area (Å²) in [7, 11) is 0. The van der Waals surface area contributed by atoms with Gasteiger partial charge in [0, 0.05) is 11.6 Å². The average molecular weight is 327 g/mol. The van der Waals surface area contributed by atoms with Gasteiger partial charge in [-0.3, -0.25) is 15.0 Å². The Morgan fingerprint density at radius 3 is 2.29 bits per heavy atom. The van der Waals surface area contributed by atoms with Gasteiger partial charge in [0.15, 0.2) is 0 Å². The predicted octanol–water partition coefficient (Wildman–Crippen LogP) is 2.08. The standard InChI is InChI=1S/C18H18FN3O2/c19-14-8-6-13(7-9-14)17(23)22-21-16(12-4-2-1-3-5-12)18(24)20-15-10-11-15/h1-9,15-16,21H,10-11H2,(H,20,24)(H,22,23)/t16-/m0/s1. The van der Waals surface area contributed by atoms with E-state index in [1.165, 1.54) is 24.3 Å². The third-order valence-corrected chi connectivity index (χ3v) is 3.76. The molecule has 124 valence electrons. The van der Waals surface area contributed by atoms with Crippen molar-refractivity contribution in [3.8, 4) is 0 Å². The van der Waals surface area contributed by atoms with Crippen molar-refractivity contribution in [3.05, 3.63) is 71.5 Å².